The minimum absolute atomic E-state index is 0.0675. The molecule has 1 aromatic carbocycles. The Balaban J connectivity index is 2.59. The van der Waals surface area contributed by atoms with E-state index < -0.39 is 16.4 Å². The second-order valence-electron chi connectivity index (χ2n) is 7.43. The van der Waals surface area contributed by atoms with Gasteiger partial charge in [0.15, 0.2) is 11.4 Å². The lowest BCUT2D eigenvalue weighted by Gasteiger charge is -2.19. The van der Waals surface area contributed by atoms with E-state index in [1.54, 1.807) is 0 Å². The lowest BCUT2D eigenvalue weighted by Crippen LogP contribution is -2.25. The lowest BCUT2D eigenvalue weighted by molar-refractivity contribution is -0.384. The predicted molar refractivity (Wildman–Crippen MR) is 119 cm³/mol. The Bertz CT molecular complexity index is 1120. The molecule has 170 valence electrons. The fourth-order valence-corrected chi connectivity index (χ4v) is 3.37. The van der Waals surface area contributed by atoms with Crippen LogP contribution in [0.5, 0.6) is 11.6 Å². The van der Waals surface area contributed by atoms with Crippen LogP contribution >= 0.6 is 0 Å². The summed E-state index contributed by atoms with van der Waals surface area (Å²) in [4.78, 5) is 23.9. The van der Waals surface area contributed by atoms with E-state index in [1.165, 1.54) is 32.2 Å². The van der Waals surface area contributed by atoms with Crippen molar-refractivity contribution in [3.63, 3.8) is 0 Å². The highest BCUT2D eigenvalue weighted by Gasteiger charge is 2.22. The number of nitrogens with zero attached hydrogens (tertiary/aromatic N) is 5. The van der Waals surface area contributed by atoms with Crippen LogP contribution in [-0.2, 0) is 6.54 Å². The third-order valence-electron chi connectivity index (χ3n) is 5.39. The molecule has 0 amide bonds. The van der Waals surface area contributed by atoms with Crippen molar-refractivity contribution >= 4 is 17.1 Å². The molecule has 1 atom stereocenters. The molecule has 1 unspecified atom stereocenters. The maximum Gasteiger partial charge on any atom is 0.300 e. The van der Waals surface area contributed by atoms with Crippen molar-refractivity contribution in [3.05, 3.63) is 49.8 Å². The molecule has 0 fully saturated rings. The Hall–Kier alpha value is -3.74. The number of nitro groups is 1. The van der Waals surface area contributed by atoms with Crippen molar-refractivity contribution < 1.29 is 14.8 Å². The van der Waals surface area contributed by atoms with Crippen LogP contribution in [0.15, 0.2) is 33.2 Å². The normalized spacial score (nSPS) is 12.0. The van der Waals surface area contributed by atoms with Gasteiger partial charge in [-0.3, -0.25) is 19.5 Å². The summed E-state index contributed by atoms with van der Waals surface area (Å²) in [5, 5.41) is 39.4. The predicted octanol–water partition coefficient (Wildman–Crippen LogP) is 5.28. The van der Waals surface area contributed by atoms with Crippen molar-refractivity contribution in [1.82, 2.24) is 4.57 Å². The second-order valence-corrected chi connectivity index (χ2v) is 7.43. The van der Waals surface area contributed by atoms with Gasteiger partial charge in [-0.2, -0.15) is 5.26 Å². The zero-order valence-corrected chi connectivity index (χ0v) is 18.7. The van der Waals surface area contributed by atoms with Crippen LogP contribution in [0.25, 0.3) is 0 Å². The van der Waals surface area contributed by atoms with E-state index in [2.05, 4.69) is 17.2 Å². The Kier molecular flexibility index (Phi) is 8.46. The van der Waals surface area contributed by atoms with Gasteiger partial charge in [0, 0.05) is 12.1 Å². The van der Waals surface area contributed by atoms with Gasteiger partial charge >= 0.3 is 0 Å². The molecule has 2 rings (SSSR count). The van der Waals surface area contributed by atoms with Crippen molar-refractivity contribution in [3.8, 4) is 17.7 Å². The van der Waals surface area contributed by atoms with E-state index in [9.17, 15) is 25.3 Å². The number of benzene rings is 1. The Labute approximate surface area is 185 Å². The van der Waals surface area contributed by atoms with Gasteiger partial charge in [0.1, 0.15) is 17.4 Å². The summed E-state index contributed by atoms with van der Waals surface area (Å²) in [7, 11) is 1.38. The van der Waals surface area contributed by atoms with Crippen LogP contribution in [-0.4, -0.2) is 21.7 Å². The third-order valence-corrected chi connectivity index (χ3v) is 5.39. The number of rotatable bonds is 10. The van der Waals surface area contributed by atoms with Gasteiger partial charge in [-0.05, 0) is 31.4 Å². The fraction of sp³-hybridized carbons (Fsp3) is 0.455. The molecule has 10 nitrogen and oxygen atoms in total. The lowest BCUT2D eigenvalue weighted by atomic mass is 9.99. The molecular weight excluding hydrogens is 414 g/mol. The first kappa shape index (κ1) is 24.5. The molecule has 1 aromatic heterocycles. The molecule has 2 aromatic rings. The smallest absolute Gasteiger partial charge is 0.300 e. The number of azo groups is 1. The maximum atomic E-state index is 13.1. The molecule has 0 saturated carbocycles. The number of methoxy groups -OCH3 is 1. The largest absolute Gasteiger partial charge is 0.496 e. The zero-order valence-electron chi connectivity index (χ0n) is 18.7. The summed E-state index contributed by atoms with van der Waals surface area (Å²) >= 11 is 0. The quantitative estimate of drug-likeness (QED) is 0.302. The number of nitro benzene ring substituents is 1. The number of hydrogen-bond acceptors (Lipinski definition) is 8. The average Bonchev–Trinajstić information content (AvgIpc) is 2.78. The summed E-state index contributed by atoms with van der Waals surface area (Å²) in [6, 6.07) is 5.97. The molecule has 0 aliphatic rings. The van der Waals surface area contributed by atoms with E-state index in [-0.39, 0.29) is 46.4 Å². The van der Waals surface area contributed by atoms with E-state index in [0.29, 0.717) is 0 Å². The van der Waals surface area contributed by atoms with Crippen molar-refractivity contribution in [2.75, 3.05) is 7.11 Å². The summed E-state index contributed by atoms with van der Waals surface area (Å²) in [5.74, 6) is 0.0165. The summed E-state index contributed by atoms with van der Waals surface area (Å²) in [5.41, 5.74) is -1.07. The molecule has 1 N–H and O–H groups in total. The van der Waals surface area contributed by atoms with Gasteiger partial charge in [0.2, 0.25) is 5.88 Å². The molecule has 0 aliphatic heterocycles. The van der Waals surface area contributed by atoms with Gasteiger partial charge in [0.25, 0.3) is 11.2 Å². The number of unbranched alkanes of at least 4 members (excludes halogenated alkanes) is 1. The van der Waals surface area contributed by atoms with Crippen molar-refractivity contribution in [2.24, 2.45) is 16.1 Å². The van der Waals surface area contributed by atoms with Gasteiger partial charge in [-0.1, -0.05) is 33.1 Å². The summed E-state index contributed by atoms with van der Waals surface area (Å²) < 4.78 is 6.15. The van der Waals surface area contributed by atoms with Gasteiger partial charge in [-0.25, -0.2) is 0 Å². The highest BCUT2D eigenvalue weighted by Crippen LogP contribution is 2.33. The van der Waals surface area contributed by atoms with Crippen LogP contribution in [0.4, 0.5) is 17.1 Å². The van der Waals surface area contributed by atoms with E-state index in [4.69, 9.17) is 4.74 Å². The average molecular weight is 441 g/mol. The molecule has 1 heterocycles. The number of aromatic nitrogens is 1. The Morgan fingerprint density at radius 1 is 1.34 bits per heavy atom. The number of aromatic hydroxyl groups is 1. The first-order valence-corrected chi connectivity index (χ1v) is 10.4. The van der Waals surface area contributed by atoms with Crippen LogP contribution in [0.1, 0.15) is 50.7 Å². The maximum absolute atomic E-state index is 13.1. The van der Waals surface area contributed by atoms with Gasteiger partial charge in [0.05, 0.1) is 18.1 Å². The van der Waals surface area contributed by atoms with Crippen LogP contribution in [0, 0.1) is 34.3 Å². The first-order chi connectivity index (χ1) is 15.3. The molecule has 0 bridgehead atoms. The SMILES string of the molecule is CCCCC(CC)Cn1c(O)c(C#N)c(C)c(N=Nc2ccc(OC)cc2[N+](=O)[O-])c1=O. The van der Waals surface area contributed by atoms with Crippen LogP contribution < -0.4 is 10.3 Å². The molecule has 0 aliphatic carbocycles. The number of ether oxygens (including phenoxy) is 1. The highest BCUT2D eigenvalue weighted by atomic mass is 16.6. The number of nitriles is 1. The van der Waals surface area contributed by atoms with Crippen LogP contribution in [0.3, 0.4) is 0 Å². The standard InChI is InChI=1S/C22H27N5O5/c1-5-7-8-15(6-2)13-26-21(28)17(12-23)14(3)20(22(26)29)25-24-18-10-9-16(32-4)11-19(18)27(30)31/h9-11,15,28H,5-8,13H2,1-4H3. The fourth-order valence-electron chi connectivity index (χ4n) is 3.37. The van der Waals surface area contributed by atoms with E-state index >= 15 is 0 Å². The van der Waals surface area contributed by atoms with Crippen LogP contribution in [0.2, 0.25) is 0 Å². The summed E-state index contributed by atoms with van der Waals surface area (Å²) in [6.07, 6.45) is 3.67. The Morgan fingerprint density at radius 2 is 2.06 bits per heavy atom. The minimum Gasteiger partial charge on any atom is -0.496 e. The molecule has 0 spiro atoms. The Morgan fingerprint density at radius 3 is 2.62 bits per heavy atom. The highest BCUT2D eigenvalue weighted by molar-refractivity contribution is 5.61. The monoisotopic (exact) mass is 441 g/mol. The van der Waals surface area contributed by atoms with Gasteiger partial charge < -0.3 is 9.84 Å². The molecule has 0 radical (unpaired) electrons. The third kappa shape index (κ3) is 5.29. The first-order valence-electron chi connectivity index (χ1n) is 10.4. The molecule has 32 heavy (non-hydrogen) atoms. The van der Waals surface area contributed by atoms with Crippen molar-refractivity contribution in [2.45, 2.75) is 53.0 Å². The summed E-state index contributed by atoms with van der Waals surface area (Å²) in [6.45, 7) is 5.80. The number of hydrogen-bond donors (Lipinski definition) is 1. The second kappa shape index (κ2) is 11.0. The minimum atomic E-state index is -0.626. The van der Waals surface area contributed by atoms with E-state index in [0.717, 1.165) is 30.3 Å². The van der Waals surface area contributed by atoms with E-state index in [1.807, 2.05) is 13.0 Å². The molecular formula is C22H27N5O5. The topological polar surface area (TPSA) is 143 Å². The van der Waals surface area contributed by atoms with Gasteiger partial charge in [-0.15, -0.1) is 10.2 Å². The molecule has 10 heteroatoms. The zero-order chi connectivity index (χ0) is 23.8. The number of pyridine rings is 1. The molecule has 0 saturated heterocycles. The van der Waals surface area contributed by atoms with Crippen molar-refractivity contribution in [1.29, 1.82) is 5.26 Å².